The summed E-state index contributed by atoms with van der Waals surface area (Å²) in [5, 5.41) is 3.36. The maximum atomic E-state index is 5.59. The van der Waals surface area contributed by atoms with Gasteiger partial charge in [-0.15, -0.1) is 0 Å². The van der Waals surface area contributed by atoms with E-state index in [9.17, 15) is 0 Å². The molecule has 1 aromatic heterocycles. The van der Waals surface area contributed by atoms with Gasteiger partial charge >= 0.3 is 0 Å². The molecule has 88 valence electrons. The van der Waals surface area contributed by atoms with Crippen molar-refractivity contribution in [2.45, 2.75) is 32.7 Å². The molecule has 3 nitrogen and oxygen atoms in total. The summed E-state index contributed by atoms with van der Waals surface area (Å²) >= 11 is 0. The Balaban J connectivity index is 1.87. The van der Waals surface area contributed by atoms with Crippen LogP contribution >= 0.6 is 0 Å². The number of ether oxygens (including phenoxy) is 1. The Bertz CT molecular complexity index is 319. The molecule has 2 rings (SSSR count). The van der Waals surface area contributed by atoms with Crippen molar-refractivity contribution in [3.63, 3.8) is 0 Å². The molecule has 0 aromatic carbocycles. The van der Waals surface area contributed by atoms with Crippen LogP contribution in [0.15, 0.2) is 18.3 Å². The molecule has 0 radical (unpaired) electrons. The first-order chi connectivity index (χ1) is 7.79. The topological polar surface area (TPSA) is 34.1 Å². The van der Waals surface area contributed by atoms with Crippen LogP contribution in [0.4, 0.5) is 0 Å². The highest BCUT2D eigenvalue weighted by Crippen LogP contribution is 2.29. The zero-order valence-electron chi connectivity index (χ0n) is 10.1. The molecule has 0 spiro atoms. The summed E-state index contributed by atoms with van der Waals surface area (Å²) in [6.07, 6.45) is 4.53. The van der Waals surface area contributed by atoms with E-state index in [1.54, 1.807) is 0 Å². The van der Waals surface area contributed by atoms with E-state index in [2.05, 4.69) is 30.2 Å². The van der Waals surface area contributed by atoms with Gasteiger partial charge in [-0.1, -0.05) is 13.0 Å². The van der Waals surface area contributed by atoms with Crippen LogP contribution in [0.25, 0.3) is 0 Å². The molecule has 1 aliphatic carbocycles. The van der Waals surface area contributed by atoms with E-state index in [1.165, 1.54) is 18.4 Å². The number of nitrogens with zero attached hydrogens (tertiary/aromatic N) is 1. The number of nitrogens with one attached hydrogen (secondary N) is 1. The van der Waals surface area contributed by atoms with E-state index in [0.717, 1.165) is 24.9 Å². The van der Waals surface area contributed by atoms with E-state index in [1.807, 2.05) is 12.3 Å². The molecular weight excluding hydrogens is 200 g/mol. The van der Waals surface area contributed by atoms with Gasteiger partial charge in [0.05, 0.1) is 6.61 Å². The number of pyridine rings is 1. The van der Waals surface area contributed by atoms with Gasteiger partial charge in [-0.3, -0.25) is 0 Å². The number of rotatable bonds is 6. The minimum Gasteiger partial charge on any atom is -0.477 e. The zero-order valence-corrected chi connectivity index (χ0v) is 10.1. The third-order valence-corrected chi connectivity index (χ3v) is 2.93. The van der Waals surface area contributed by atoms with Gasteiger partial charge in [0.1, 0.15) is 0 Å². The first kappa shape index (κ1) is 11.4. The smallest absolute Gasteiger partial charge is 0.213 e. The van der Waals surface area contributed by atoms with E-state index < -0.39 is 0 Å². The molecular formula is C13H20N2O. The van der Waals surface area contributed by atoms with Crippen molar-refractivity contribution < 1.29 is 4.74 Å². The van der Waals surface area contributed by atoms with Gasteiger partial charge in [0, 0.05) is 18.3 Å². The molecule has 16 heavy (non-hydrogen) atoms. The molecule has 1 heterocycles. The van der Waals surface area contributed by atoms with Gasteiger partial charge in [0.2, 0.25) is 5.88 Å². The minimum atomic E-state index is 0.356. The quantitative estimate of drug-likeness (QED) is 0.800. The Morgan fingerprint density at radius 3 is 2.88 bits per heavy atom. The van der Waals surface area contributed by atoms with Gasteiger partial charge in [-0.25, -0.2) is 4.98 Å². The van der Waals surface area contributed by atoms with Crippen LogP contribution in [0.5, 0.6) is 5.88 Å². The second-order valence-corrected chi connectivity index (χ2v) is 4.46. The molecule has 1 aliphatic rings. The first-order valence-corrected chi connectivity index (χ1v) is 6.11. The van der Waals surface area contributed by atoms with Crippen LogP contribution in [0.2, 0.25) is 0 Å². The molecule has 0 amide bonds. The molecule has 3 heteroatoms. The van der Waals surface area contributed by atoms with Gasteiger partial charge in [0.25, 0.3) is 0 Å². The fourth-order valence-corrected chi connectivity index (χ4v) is 1.65. The average molecular weight is 220 g/mol. The Labute approximate surface area is 97.2 Å². The lowest BCUT2D eigenvalue weighted by Crippen LogP contribution is -2.17. The van der Waals surface area contributed by atoms with E-state index in [-0.39, 0.29) is 0 Å². The predicted octanol–water partition coefficient (Wildman–Crippen LogP) is 2.54. The van der Waals surface area contributed by atoms with Crippen LogP contribution in [-0.4, -0.2) is 18.1 Å². The predicted molar refractivity (Wildman–Crippen MR) is 64.5 cm³/mol. The van der Waals surface area contributed by atoms with E-state index in [0.29, 0.717) is 6.04 Å². The molecule has 1 aromatic rings. The second-order valence-electron chi connectivity index (χ2n) is 4.46. The fourth-order valence-electron chi connectivity index (χ4n) is 1.65. The van der Waals surface area contributed by atoms with Crippen LogP contribution in [0.3, 0.4) is 0 Å². The Morgan fingerprint density at radius 2 is 2.31 bits per heavy atom. The average Bonchev–Trinajstić information content (AvgIpc) is 3.11. The van der Waals surface area contributed by atoms with Crippen molar-refractivity contribution in [3.05, 3.63) is 23.9 Å². The van der Waals surface area contributed by atoms with Crippen molar-refractivity contribution >= 4 is 0 Å². The van der Waals surface area contributed by atoms with Crippen LogP contribution in [-0.2, 0) is 0 Å². The van der Waals surface area contributed by atoms with Gasteiger partial charge in [-0.2, -0.15) is 0 Å². The van der Waals surface area contributed by atoms with Crippen molar-refractivity contribution in [3.8, 4) is 5.88 Å². The maximum absolute atomic E-state index is 5.59. The summed E-state index contributed by atoms with van der Waals surface area (Å²) in [6.45, 7) is 6.05. The summed E-state index contributed by atoms with van der Waals surface area (Å²) in [7, 11) is 0. The molecule has 1 fully saturated rings. The van der Waals surface area contributed by atoms with Gasteiger partial charge in [0.15, 0.2) is 0 Å². The van der Waals surface area contributed by atoms with Crippen LogP contribution in [0.1, 0.15) is 38.3 Å². The Morgan fingerprint density at radius 1 is 1.50 bits per heavy atom. The molecule has 0 bridgehead atoms. The molecule has 0 aliphatic heterocycles. The van der Waals surface area contributed by atoms with Gasteiger partial charge in [-0.05, 0) is 37.8 Å². The Kier molecular flexibility index (Phi) is 3.78. The van der Waals surface area contributed by atoms with Crippen LogP contribution < -0.4 is 10.1 Å². The van der Waals surface area contributed by atoms with Gasteiger partial charge < -0.3 is 10.1 Å². The van der Waals surface area contributed by atoms with Crippen LogP contribution in [0, 0.1) is 5.92 Å². The molecule has 1 unspecified atom stereocenters. The molecule has 0 saturated heterocycles. The SMILES string of the molecule is CCNC(C)c1ccc(OCC2CC2)nc1. The third-order valence-electron chi connectivity index (χ3n) is 2.93. The van der Waals surface area contributed by atoms with Crippen molar-refractivity contribution in [1.82, 2.24) is 10.3 Å². The lowest BCUT2D eigenvalue weighted by atomic mass is 10.1. The fraction of sp³-hybridized carbons (Fsp3) is 0.615. The highest BCUT2D eigenvalue weighted by atomic mass is 16.5. The standard InChI is InChI=1S/C13H20N2O/c1-3-14-10(2)12-6-7-13(15-8-12)16-9-11-4-5-11/h6-8,10-11,14H,3-5,9H2,1-2H3. The molecule has 1 saturated carbocycles. The summed E-state index contributed by atoms with van der Waals surface area (Å²) in [5.74, 6) is 1.53. The van der Waals surface area contributed by atoms with Crippen molar-refractivity contribution in [2.24, 2.45) is 5.92 Å². The first-order valence-electron chi connectivity index (χ1n) is 6.11. The number of hydrogen-bond donors (Lipinski definition) is 1. The maximum Gasteiger partial charge on any atom is 0.213 e. The number of hydrogen-bond acceptors (Lipinski definition) is 3. The normalized spacial score (nSPS) is 17.1. The zero-order chi connectivity index (χ0) is 11.4. The molecule has 1 atom stereocenters. The second kappa shape index (κ2) is 5.30. The summed E-state index contributed by atoms with van der Waals surface area (Å²) in [6, 6.07) is 4.41. The lowest BCUT2D eigenvalue weighted by molar-refractivity contribution is 0.288. The van der Waals surface area contributed by atoms with E-state index >= 15 is 0 Å². The Hall–Kier alpha value is -1.09. The van der Waals surface area contributed by atoms with Crippen molar-refractivity contribution in [1.29, 1.82) is 0 Å². The lowest BCUT2D eigenvalue weighted by Gasteiger charge is -2.12. The molecule has 1 N–H and O–H groups in total. The highest BCUT2D eigenvalue weighted by molar-refractivity contribution is 5.20. The summed E-state index contributed by atoms with van der Waals surface area (Å²) < 4.78 is 5.59. The van der Waals surface area contributed by atoms with E-state index in [4.69, 9.17) is 4.74 Å². The van der Waals surface area contributed by atoms with Crippen molar-refractivity contribution in [2.75, 3.05) is 13.2 Å². The summed E-state index contributed by atoms with van der Waals surface area (Å²) in [4.78, 5) is 4.32. The largest absolute Gasteiger partial charge is 0.477 e. The highest BCUT2D eigenvalue weighted by Gasteiger charge is 2.22. The number of aromatic nitrogens is 1. The summed E-state index contributed by atoms with van der Waals surface area (Å²) in [5.41, 5.74) is 1.21. The minimum absolute atomic E-state index is 0.356. The third kappa shape index (κ3) is 3.20. The monoisotopic (exact) mass is 220 g/mol.